The lowest BCUT2D eigenvalue weighted by Gasteiger charge is -2.26. The van der Waals surface area contributed by atoms with E-state index in [0.29, 0.717) is 26.0 Å². The van der Waals surface area contributed by atoms with Crippen LogP contribution in [0.3, 0.4) is 0 Å². The first-order valence-electron chi connectivity index (χ1n) is 6.47. The Labute approximate surface area is 114 Å². The van der Waals surface area contributed by atoms with Gasteiger partial charge in [-0.2, -0.15) is 0 Å². The van der Waals surface area contributed by atoms with Gasteiger partial charge in [0.1, 0.15) is 0 Å². The molecule has 0 heterocycles. The summed E-state index contributed by atoms with van der Waals surface area (Å²) in [5, 5.41) is 11.9. The fourth-order valence-electron chi connectivity index (χ4n) is 1.87. The second kappa shape index (κ2) is 8.87. The molecule has 0 aromatic rings. The van der Waals surface area contributed by atoms with E-state index in [1.807, 2.05) is 0 Å². The second-order valence-corrected chi connectivity index (χ2v) is 4.59. The molecule has 0 aromatic heterocycles. The molecule has 0 aromatic carbocycles. The fraction of sp³-hybridized carbons (Fsp3) is 0.846. The Bertz CT molecular complexity index is 289. The maximum absolute atomic E-state index is 11.8. The summed E-state index contributed by atoms with van der Waals surface area (Å²) in [7, 11) is 3.09. The predicted octanol–water partition coefficient (Wildman–Crippen LogP) is 1.05. The van der Waals surface area contributed by atoms with Gasteiger partial charge < -0.3 is 19.9 Å². The van der Waals surface area contributed by atoms with Crippen molar-refractivity contribution in [1.82, 2.24) is 5.32 Å². The molecule has 112 valence electrons. The topological polar surface area (TPSA) is 84.9 Å². The van der Waals surface area contributed by atoms with Gasteiger partial charge in [0.15, 0.2) is 0 Å². The molecule has 0 aliphatic carbocycles. The number of aliphatic carboxylic acids is 1. The van der Waals surface area contributed by atoms with Gasteiger partial charge in [0.05, 0.1) is 18.1 Å². The molecule has 0 radical (unpaired) electrons. The van der Waals surface area contributed by atoms with Gasteiger partial charge >= 0.3 is 5.97 Å². The summed E-state index contributed by atoms with van der Waals surface area (Å²) < 4.78 is 10.1. The zero-order valence-corrected chi connectivity index (χ0v) is 12.2. The molecule has 1 atom stereocenters. The molecule has 1 unspecified atom stereocenters. The SMILES string of the molecule is CCC(CC)(CC(=O)NCC(COC)OC)C(=O)O. The third-order valence-corrected chi connectivity index (χ3v) is 3.52. The molecule has 0 rings (SSSR count). The van der Waals surface area contributed by atoms with Crippen molar-refractivity contribution in [2.75, 3.05) is 27.4 Å². The van der Waals surface area contributed by atoms with E-state index >= 15 is 0 Å². The minimum atomic E-state index is -0.978. The quantitative estimate of drug-likeness (QED) is 0.622. The molecule has 6 heteroatoms. The summed E-state index contributed by atoms with van der Waals surface area (Å²) in [5.41, 5.74) is -0.978. The fourth-order valence-corrected chi connectivity index (χ4v) is 1.87. The highest BCUT2D eigenvalue weighted by atomic mass is 16.5. The van der Waals surface area contributed by atoms with Crippen LogP contribution in [0, 0.1) is 5.41 Å². The molecule has 19 heavy (non-hydrogen) atoms. The van der Waals surface area contributed by atoms with Crippen molar-refractivity contribution in [3.05, 3.63) is 0 Å². The molecule has 0 spiro atoms. The first-order valence-corrected chi connectivity index (χ1v) is 6.47. The van der Waals surface area contributed by atoms with Crippen LogP contribution in [0.1, 0.15) is 33.1 Å². The Morgan fingerprint density at radius 3 is 2.21 bits per heavy atom. The minimum absolute atomic E-state index is 0.0151. The monoisotopic (exact) mass is 275 g/mol. The number of carbonyl (C=O) groups is 2. The maximum Gasteiger partial charge on any atom is 0.310 e. The lowest BCUT2D eigenvalue weighted by Crippen LogP contribution is -2.40. The van der Waals surface area contributed by atoms with Crippen molar-refractivity contribution in [2.45, 2.75) is 39.2 Å². The van der Waals surface area contributed by atoms with Crippen LogP contribution in [0.25, 0.3) is 0 Å². The lowest BCUT2D eigenvalue weighted by molar-refractivity contribution is -0.152. The zero-order chi connectivity index (χ0) is 14.9. The van der Waals surface area contributed by atoms with Crippen molar-refractivity contribution in [3.8, 4) is 0 Å². The summed E-state index contributed by atoms with van der Waals surface area (Å²) in [6, 6.07) is 0. The molecule has 0 bridgehead atoms. The number of carboxylic acids is 1. The highest BCUT2D eigenvalue weighted by molar-refractivity contribution is 5.84. The molecule has 6 nitrogen and oxygen atoms in total. The summed E-state index contributed by atoms with van der Waals surface area (Å²) in [6.45, 7) is 4.26. The van der Waals surface area contributed by atoms with Crippen LogP contribution in [0.4, 0.5) is 0 Å². The van der Waals surface area contributed by atoms with Crippen LogP contribution in [0.2, 0.25) is 0 Å². The van der Waals surface area contributed by atoms with E-state index in [0.717, 1.165) is 0 Å². The van der Waals surface area contributed by atoms with E-state index in [4.69, 9.17) is 9.47 Å². The molecule has 0 aliphatic heterocycles. The van der Waals surface area contributed by atoms with E-state index in [9.17, 15) is 14.7 Å². The van der Waals surface area contributed by atoms with Crippen molar-refractivity contribution in [1.29, 1.82) is 0 Å². The van der Waals surface area contributed by atoms with Gasteiger partial charge in [0.2, 0.25) is 5.91 Å². The molecule has 1 amide bonds. The summed E-state index contributed by atoms with van der Waals surface area (Å²) in [5.74, 6) is -1.20. The zero-order valence-electron chi connectivity index (χ0n) is 12.2. The first-order chi connectivity index (χ1) is 8.95. The average Bonchev–Trinajstić information content (AvgIpc) is 2.40. The van der Waals surface area contributed by atoms with E-state index in [-0.39, 0.29) is 18.4 Å². The van der Waals surface area contributed by atoms with Gasteiger partial charge in [-0.25, -0.2) is 0 Å². The molecular weight excluding hydrogens is 250 g/mol. The molecular formula is C13H25NO5. The van der Waals surface area contributed by atoms with Crippen LogP contribution < -0.4 is 5.32 Å². The van der Waals surface area contributed by atoms with E-state index in [2.05, 4.69) is 5.32 Å². The Balaban J connectivity index is 4.39. The van der Waals surface area contributed by atoms with Crippen molar-refractivity contribution in [3.63, 3.8) is 0 Å². The van der Waals surface area contributed by atoms with E-state index in [1.54, 1.807) is 21.0 Å². The average molecular weight is 275 g/mol. The number of methoxy groups -OCH3 is 2. The second-order valence-electron chi connectivity index (χ2n) is 4.59. The molecule has 0 saturated heterocycles. The Kier molecular flexibility index (Phi) is 8.34. The van der Waals surface area contributed by atoms with Crippen LogP contribution in [0.5, 0.6) is 0 Å². The van der Waals surface area contributed by atoms with E-state index in [1.165, 1.54) is 7.11 Å². The highest BCUT2D eigenvalue weighted by Gasteiger charge is 2.37. The van der Waals surface area contributed by atoms with Gasteiger partial charge in [0, 0.05) is 27.2 Å². The number of ether oxygens (including phenoxy) is 2. The van der Waals surface area contributed by atoms with Gasteiger partial charge in [-0.15, -0.1) is 0 Å². The molecule has 2 N–H and O–H groups in total. The first kappa shape index (κ1) is 17.9. The number of amides is 1. The Morgan fingerprint density at radius 2 is 1.84 bits per heavy atom. The third kappa shape index (κ3) is 5.57. The lowest BCUT2D eigenvalue weighted by atomic mass is 9.79. The van der Waals surface area contributed by atoms with Gasteiger partial charge in [-0.1, -0.05) is 13.8 Å². The van der Waals surface area contributed by atoms with Crippen molar-refractivity contribution < 1.29 is 24.2 Å². The highest BCUT2D eigenvalue weighted by Crippen LogP contribution is 2.30. The summed E-state index contributed by atoms with van der Waals surface area (Å²) in [6.07, 6.45) is 0.617. The number of hydrogen-bond donors (Lipinski definition) is 2. The number of carboxylic acid groups (broad SMARTS) is 1. The predicted molar refractivity (Wildman–Crippen MR) is 71.0 cm³/mol. The number of carbonyl (C=O) groups excluding carboxylic acids is 1. The number of nitrogens with one attached hydrogen (secondary N) is 1. The normalized spacial score (nSPS) is 13.1. The van der Waals surface area contributed by atoms with Crippen molar-refractivity contribution in [2.24, 2.45) is 5.41 Å². The molecule has 0 fully saturated rings. The number of hydrogen-bond acceptors (Lipinski definition) is 4. The maximum atomic E-state index is 11.8. The van der Waals surface area contributed by atoms with Crippen molar-refractivity contribution >= 4 is 11.9 Å². The summed E-state index contributed by atoms with van der Waals surface area (Å²) in [4.78, 5) is 23.1. The van der Waals surface area contributed by atoms with Crippen LogP contribution in [-0.2, 0) is 19.1 Å². The standard InChI is InChI=1S/C13H25NO5/c1-5-13(6-2,12(16)17)7-11(15)14-8-10(19-4)9-18-3/h10H,5-9H2,1-4H3,(H,14,15)(H,16,17). The number of rotatable bonds is 10. The minimum Gasteiger partial charge on any atom is -0.481 e. The van der Waals surface area contributed by atoms with Gasteiger partial charge in [-0.05, 0) is 12.8 Å². The van der Waals surface area contributed by atoms with Gasteiger partial charge in [-0.3, -0.25) is 9.59 Å². The van der Waals surface area contributed by atoms with Crippen LogP contribution >= 0.6 is 0 Å². The third-order valence-electron chi connectivity index (χ3n) is 3.52. The van der Waals surface area contributed by atoms with Gasteiger partial charge in [0.25, 0.3) is 0 Å². The smallest absolute Gasteiger partial charge is 0.310 e. The Hall–Kier alpha value is -1.14. The largest absolute Gasteiger partial charge is 0.481 e. The molecule has 0 aliphatic rings. The van der Waals surface area contributed by atoms with Crippen LogP contribution in [-0.4, -0.2) is 50.5 Å². The van der Waals surface area contributed by atoms with Crippen LogP contribution in [0.15, 0.2) is 0 Å². The molecule has 0 saturated carbocycles. The Morgan fingerprint density at radius 1 is 1.26 bits per heavy atom. The van der Waals surface area contributed by atoms with E-state index < -0.39 is 11.4 Å². The summed E-state index contributed by atoms with van der Waals surface area (Å²) >= 11 is 0.